The number of amidine groups is 1. The van der Waals surface area contributed by atoms with E-state index in [4.69, 9.17) is 4.74 Å². The summed E-state index contributed by atoms with van der Waals surface area (Å²) in [7, 11) is 1.51. The summed E-state index contributed by atoms with van der Waals surface area (Å²) in [5.41, 5.74) is -1.36. The summed E-state index contributed by atoms with van der Waals surface area (Å²) in [5, 5.41) is 15.2. The van der Waals surface area contributed by atoms with Crippen LogP contribution >= 0.6 is 11.8 Å². The number of hydrogen-bond donors (Lipinski definition) is 5. The van der Waals surface area contributed by atoms with Gasteiger partial charge in [-0.15, -0.1) is 0 Å². The number of nitrogens with one attached hydrogen (secondary N) is 4. The molecule has 0 spiro atoms. The van der Waals surface area contributed by atoms with Gasteiger partial charge in [0.1, 0.15) is 22.6 Å². The van der Waals surface area contributed by atoms with E-state index in [9.17, 15) is 24.3 Å². The van der Waals surface area contributed by atoms with E-state index in [1.54, 1.807) is 24.3 Å². The molecule has 2 aromatic rings. The number of rotatable bonds is 9. The van der Waals surface area contributed by atoms with Crippen molar-refractivity contribution < 1.29 is 19.4 Å². The number of aliphatic imine (C=N–C) groups is 1. The first-order valence-corrected chi connectivity index (χ1v) is 11.2. The molecule has 3 rings (SSSR count). The number of aromatic hydroxyl groups is 1. The Morgan fingerprint density at radius 2 is 1.97 bits per heavy atom. The second kappa shape index (κ2) is 10.9. The number of thioether (sulfide) groups is 1. The van der Waals surface area contributed by atoms with Gasteiger partial charge in [-0.1, -0.05) is 37.2 Å². The van der Waals surface area contributed by atoms with Crippen LogP contribution in [0, 0.1) is 0 Å². The van der Waals surface area contributed by atoms with Crippen LogP contribution in [0.2, 0.25) is 0 Å². The Bertz CT molecular complexity index is 1160. The number of aromatic amines is 2. The predicted octanol–water partition coefficient (Wildman–Crippen LogP) is 0.761. The summed E-state index contributed by atoms with van der Waals surface area (Å²) >= 11 is 1.06. The van der Waals surface area contributed by atoms with E-state index in [1.165, 1.54) is 7.11 Å². The van der Waals surface area contributed by atoms with Crippen LogP contribution in [-0.4, -0.2) is 51.0 Å². The fourth-order valence-electron chi connectivity index (χ4n) is 3.19. The molecule has 11 nitrogen and oxygen atoms in total. The number of carbonyl (C=O) groups is 2. The van der Waals surface area contributed by atoms with E-state index in [0.29, 0.717) is 17.9 Å². The molecule has 1 aliphatic rings. The topological polar surface area (TPSA) is 166 Å². The number of benzene rings is 1. The molecule has 1 aromatic heterocycles. The average Bonchev–Trinajstić information content (AvgIpc) is 3.11. The number of unbranched alkanes of at least 4 members (excludes halogenated alkanes) is 1. The van der Waals surface area contributed by atoms with Crippen molar-refractivity contribution in [2.45, 2.75) is 37.5 Å². The Kier molecular flexibility index (Phi) is 7.93. The second-order valence-corrected chi connectivity index (χ2v) is 8.48. The molecular weight excluding hydrogens is 450 g/mol. The number of carbonyl (C=O) groups excluding carboxylic acids is 2. The smallest absolute Gasteiger partial charge is 0.328 e. The van der Waals surface area contributed by atoms with E-state index >= 15 is 0 Å². The predicted molar refractivity (Wildman–Crippen MR) is 124 cm³/mol. The fraction of sp³-hybridized carbons (Fsp3) is 0.381. The van der Waals surface area contributed by atoms with Crippen LogP contribution in [0.1, 0.15) is 43.4 Å². The van der Waals surface area contributed by atoms with Gasteiger partial charge in [-0.25, -0.2) is 9.79 Å². The number of aromatic nitrogens is 2. The molecule has 1 aliphatic heterocycles. The van der Waals surface area contributed by atoms with Crippen molar-refractivity contribution in [2.75, 3.05) is 13.7 Å². The molecule has 5 N–H and O–H groups in total. The van der Waals surface area contributed by atoms with Crippen molar-refractivity contribution in [1.29, 1.82) is 0 Å². The fourth-order valence-corrected chi connectivity index (χ4v) is 4.19. The van der Waals surface area contributed by atoms with Crippen LogP contribution in [0.25, 0.3) is 0 Å². The molecule has 1 saturated heterocycles. The lowest BCUT2D eigenvalue weighted by atomic mass is 10.0. The summed E-state index contributed by atoms with van der Waals surface area (Å²) in [6.45, 7) is 2.56. The van der Waals surface area contributed by atoms with Crippen molar-refractivity contribution >= 4 is 28.7 Å². The van der Waals surface area contributed by atoms with E-state index in [2.05, 4.69) is 25.6 Å². The molecule has 0 saturated carbocycles. The van der Waals surface area contributed by atoms with Crippen molar-refractivity contribution in [3.63, 3.8) is 0 Å². The van der Waals surface area contributed by atoms with Gasteiger partial charge < -0.3 is 20.5 Å². The maximum atomic E-state index is 12.5. The average molecular weight is 476 g/mol. The van der Waals surface area contributed by atoms with Crippen LogP contribution in [0.3, 0.4) is 0 Å². The summed E-state index contributed by atoms with van der Waals surface area (Å²) in [4.78, 5) is 57.2. The van der Waals surface area contributed by atoms with Gasteiger partial charge in [0.15, 0.2) is 5.17 Å². The number of H-pyrrole nitrogens is 2. The van der Waals surface area contributed by atoms with Gasteiger partial charge in [0.2, 0.25) is 17.7 Å². The molecule has 0 bridgehead atoms. The normalized spacial score (nSPS) is 17.6. The summed E-state index contributed by atoms with van der Waals surface area (Å²) in [5.74, 6) is -0.672. The second-order valence-electron chi connectivity index (χ2n) is 7.28. The highest BCUT2D eigenvalue weighted by molar-refractivity contribution is 8.15. The first-order chi connectivity index (χ1) is 15.8. The third kappa shape index (κ3) is 6.04. The number of methoxy groups -OCH3 is 1. The third-order valence-electron chi connectivity index (χ3n) is 4.91. The highest BCUT2D eigenvalue weighted by Crippen LogP contribution is 2.32. The summed E-state index contributed by atoms with van der Waals surface area (Å²) < 4.78 is 5.15. The number of amides is 2. The molecule has 176 valence electrons. The highest BCUT2D eigenvalue weighted by Gasteiger charge is 2.33. The van der Waals surface area contributed by atoms with Gasteiger partial charge in [0.25, 0.3) is 5.56 Å². The van der Waals surface area contributed by atoms with Crippen LogP contribution in [0.15, 0.2) is 38.8 Å². The molecule has 2 amide bonds. The highest BCUT2D eigenvalue weighted by atomic mass is 32.2. The first-order valence-electron chi connectivity index (χ1n) is 10.3. The number of ether oxygens (including phenoxy) is 1. The minimum atomic E-state index is -1.04. The van der Waals surface area contributed by atoms with Crippen molar-refractivity contribution in [1.82, 2.24) is 20.6 Å². The van der Waals surface area contributed by atoms with E-state index in [-0.39, 0.29) is 29.0 Å². The molecule has 0 radical (unpaired) electrons. The van der Waals surface area contributed by atoms with Gasteiger partial charge in [0.05, 0.1) is 7.11 Å². The minimum Gasteiger partial charge on any atom is -0.497 e. The molecule has 2 unspecified atom stereocenters. The zero-order chi connectivity index (χ0) is 24.0. The van der Waals surface area contributed by atoms with Gasteiger partial charge in [-0.2, -0.15) is 0 Å². The van der Waals surface area contributed by atoms with E-state index in [1.807, 2.05) is 6.92 Å². The maximum absolute atomic E-state index is 12.5. The third-order valence-corrected chi connectivity index (χ3v) is 6.01. The zero-order valence-electron chi connectivity index (χ0n) is 18.1. The Morgan fingerprint density at radius 1 is 1.24 bits per heavy atom. The molecule has 1 fully saturated rings. The van der Waals surface area contributed by atoms with Gasteiger partial charge in [0, 0.05) is 13.0 Å². The minimum absolute atomic E-state index is 0.0169. The van der Waals surface area contributed by atoms with Crippen molar-refractivity contribution in [2.24, 2.45) is 4.99 Å². The lowest BCUT2D eigenvalue weighted by molar-refractivity contribution is -0.125. The maximum Gasteiger partial charge on any atom is 0.328 e. The molecule has 12 heteroatoms. The number of hydrogen-bond acceptors (Lipinski definition) is 8. The van der Waals surface area contributed by atoms with Crippen LogP contribution in [0.5, 0.6) is 11.6 Å². The van der Waals surface area contributed by atoms with E-state index < -0.39 is 28.4 Å². The van der Waals surface area contributed by atoms with Gasteiger partial charge >= 0.3 is 5.69 Å². The quantitative estimate of drug-likeness (QED) is 0.334. The molecule has 2 heterocycles. The van der Waals surface area contributed by atoms with Crippen LogP contribution in [-0.2, 0) is 9.59 Å². The van der Waals surface area contributed by atoms with Gasteiger partial charge in [-0.05, 0) is 24.1 Å². The van der Waals surface area contributed by atoms with E-state index in [0.717, 1.165) is 24.6 Å². The standard InChI is InChI=1S/C21H25N5O6S/c1-3-4-9-22-14(27)10-13-17(28)26-21(33-13)23-16(11-5-7-12(32-2)8-6-11)15-18(29)24-20(31)25-19(15)30/h5-8,13,16H,3-4,9-10H2,1-2H3,(H,22,27)(H,23,26,28)(H3,24,25,29,30,31). The Labute approximate surface area is 193 Å². The number of nitrogens with zero attached hydrogens (tertiary/aromatic N) is 1. The van der Waals surface area contributed by atoms with Crippen LogP contribution < -0.4 is 26.6 Å². The lowest BCUT2D eigenvalue weighted by Gasteiger charge is -2.15. The molecule has 0 aliphatic carbocycles. The molecule has 33 heavy (non-hydrogen) atoms. The van der Waals surface area contributed by atoms with Crippen molar-refractivity contribution in [3.05, 3.63) is 56.2 Å². The lowest BCUT2D eigenvalue weighted by Crippen LogP contribution is -2.31. The summed E-state index contributed by atoms with van der Waals surface area (Å²) in [6.07, 6.45) is 1.78. The molecular formula is C21H25N5O6S. The molecule has 1 aromatic carbocycles. The largest absolute Gasteiger partial charge is 0.497 e. The van der Waals surface area contributed by atoms with Crippen molar-refractivity contribution in [3.8, 4) is 11.6 Å². The Hall–Kier alpha value is -3.54. The monoisotopic (exact) mass is 475 g/mol. The summed E-state index contributed by atoms with van der Waals surface area (Å²) in [6, 6.07) is 5.57. The Balaban J connectivity index is 1.90. The first kappa shape index (κ1) is 24.1. The Morgan fingerprint density at radius 3 is 2.61 bits per heavy atom. The molecule has 2 atom stereocenters. The van der Waals surface area contributed by atoms with Crippen LogP contribution in [0.4, 0.5) is 0 Å². The van der Waals surface area contributed by atoms with Gasteiger partial charge in [-0.3, -0.25) is 24.4 Å². The SMILES string of the molecule is CCCCNC(=O)CC1SC(=NC(c2ccc(OC)cc2)c2c(O)[nH]c(=O)[nH]c2=O)NC1=O. The zero-order valence-corrected chi connectivity index (χ0v) is 19.0.